The van der Waals surface area contributed by atoms with Gasteiger partial charge in [-0.15, -0.1) is 0 Å². The smallest absolute Gasteiger partial charge is 0.371 e. The quantitative estimate of drug-likeness (QED) is 0.877. The fraction of sp³-hybridized carbons (Fsp3) is 0.643. The van der Waals surface area contributed by atoms with Gasteiger partial charge in [-0.2, -0.15) is 0 Å². The molecule has 1 aliphatic heterocycles. The minimum Gasteiger partial charge on any atom is -0.475 e. The minimum absolute atomic E-state index is 0.00741. The molecule has 2 unspecified atom stereocenters. The molecule has 0 bridgehead atoms. The summed E-state index contributed by atoms with van der Waals surface area (Å²) in [4.78, 5) is 10.8. The second-order valence-corrected chi connectivity index (χ2v) is 5.69. The van der Waals surface area contributed by atoms with Crippen LogP contribution < -0.4 is 5.32 Å². The number of ether oxygens (including phenoxy) is 1. The largest absolute Gasteiger partial charge is 0.475 e. The summed E-state index contributed by atoms with van der Waals surface area (Å²) >= 11 is 0. The molecule has 0 aromatic carbocycles. The molecule has 106 valence electrons. The molecular formula is C14H21NO4. The van der Waals surface area contributed by atoms with Crippen molar-refractivity contribution in [2.24, 2.45) is 0 Å². The number of hydrogen-bond donors (Lipinski definition) is 2. The lowest BCUT2D eigenvalue weighted by molar-refractivity contribution is -0.0642. The fourth-order valence-corrected chi connectivity index (χ4v) is 2.51. The van der Waals surface area contributed by atoms with E-state index >= 15 is 0 Å². The van der Waals surface area contributed by atoms with Gasteiger partial charge in [0.1, 0.15) is 5.76 Å². The maximum absolute atomic E-state index is 10.8. The van der Waals surface area contributed by atoms with Crippen LogP contribution in [0.1, 0.15) is 56.0 Å². The van der Waals surface area contributed by atoms with Crippen molar-refractivity contribution >= 4 is 5.97 Å². The number of aromatic carboxylic acids is 1. The third kappa shape index (κ3) is 3.58. The summed E-state index contributed by atoms with van der Waals surface area (Å²) < 4.78 is 11.0. The second kappa shape index (κ2) is 5.35. The van der Waals surface area contributed by atoms with Crippen LogP contribution in [0.2, 0.25) is 0 Å². The highest BCUT2D eigenvalue weighted by Crippen LogP contribution is 2.26. The Morgan fingerprint density at radius 3 is 2.84 bits per heavy atom. The molecule has 1 aromatic rings. The topological polar surface area (TPSA) is 71.7 Å². The zero-order valence-corrected chi connectivity index (χ0v) is 11.6. The zero-order valence-electron chi connectivity index (χ0n) is 11.6. The van der Waals surface area contributed by atoms with Gasteiger partial charge in [-0.1, -0.05) is 0 Å². The van der Waals surface area contributed by atoms with E-state index in [1.54, 1.807) is 6.07 Å². The Morgan fingerprint density at radius 1 is 1.53 bits per heavy atom. The first-order valence-electron chi connectivity index (χ1n) is 6.60. The van der Waals surface area contributed by atoms with E-state index in [1.165, 1.54) is 6.07 Å². The van der Waals surface area contributed by atoms with Gasteiger partial charge in [0.15, 0.2) is 0 Å². The Kier molecular flexibility index (Phi) is 3.96. The van der Waals surface area contributed by atoms with E-state index in [4.69, 9.17) is 14.3 Å². The summed E-state index contributed by atoms with van der Waals surface area (Å²) in [6.45, 7) is 6.89. The van der Waals surface area contributed by atoms with Crippen LogP contribution in [0.25, 0.3) is 0 Å². The summed E-state index contributed by atoms with van der Waals surface area (Å²) in [5.41, 5.74) is -0.106. The van der Waals surface area contributed by atoms with E-state index in [9.17, 15) is 4.79 Å². The maximum Gasteiger partial charge on any atom is 0.371 e. The Morgan fingerprint density at radius 2 is 2.26 bits per heavy atom. The minimum atomic E-state index is -1.04. The van der Waals surface area contributed by atoms with Gasteiger partial charge < -0.3 is 19.6 Å². The van der Waals surface area contributed by atoms with Crippen molar-refractivity contribution in [1.29, 1.82) is 0 Å². The number of hydrogen-bond acceptors (Lipinski definition) is 4. The van der Waals surface area contributed by atoms with Crippen molar-refractivity contribution in [3.63, 3.8) is 0 Å². The van der Waals surface area contributed by atoms with Crippen LogP contribution in [-0.2, 0) is 4.74 Å². The number of nitrogens with one attached hydrogen (secondary N) is 1. The van der Waals surface area contributed by atoms with Crippen molar-refractivity contribution in [3.8, 4) is 0 Å². The SMILES string of the molecule is CC(NC1CCOC(C)(C)C1)c1ccc(C(=O)O)o1. The first-order chi connectivity index (χ1) is 8.87. The molecule has 5 nitrogen and oxygen atoms in total. The molecule has 1 saturated heterocycles. The van der Waals surface area contributed by atoms with Crippen LogP contribution in [0.5, 0.6) is 0 Å². The van der Waals surface area contributed by atoms with E-state index in [2.05, 4.69) is 19.2 Å². The van der Waals surface area contributed by atoms with Crippen LogP contribution in [0, 0.1) is 0 Å². The molecule has 2 atom stereocenters. The summed E-state index contributed by atoms with van der Waals surface area (Å²) in [6.07, 6.45) is 1.89. The standard InChI is InChI=1S/C14H21NO4/c1-9(11-4-5-12(19-11)13(16)17)15-10-6-7-18-14(2,3)8-10/h4-5,9-10,15H,6-8H2,1-3H3,(H,16,17). The van der Waals surface area contributed by atoms with Gasteiger partial charge in [-0.05, 0) is 45.7 Å². The summed E-state index contributed by atoms with van der Waals surface area (Å²) in [5.74, 6) is -0.400. The van der Waals surface area contributed by atoms with Gasteiger partial charge in [0.25, 0.3) is 0 Å². The van der Waals surface area contributed by atoms with Crippen molar-refractivity contribution < 1.29 is 19.1 Å². The van der Waals surface area contributed by atoms with Crippen LogP contribution in [0.3, 0.4) is 0 Å². The molecule has 0 saturated carbocycles. The Bertz CT molecular complexity index is 452. The third-order valence-corrected chi connectivity index (χ3v) is 3.45. The molecule has 1 aromatic heterocycles. The molecule has 2 heterocycles. The molecule has 0 spiro atoms. The Balaban J connectivity index is 1.96. The van der Waals surface area contributed by atoms with Gasteiger partial charge in [0, 0.05) is 12.6 Å². The predicted molar refractivity (Wildman–Crippen MR) is 70.3 cm³/mol. The van der Waals surface area contributed by atoms with Gasteiger partial charge in [0.2, 0.25) is 5.76 Å². The number of carbonyl (C=O) groups is 1. The molecule has 0 aliphatic carbocycles. The number of rotatable bonds is 4. The third-order valence-electron chi connectivity index (χ3n) is 3.45. The number of carboxylic acids is 1. The zero-order chi connectivity index (χ0) is 14.0. The molecular weight excluding hydrogens is 246 g/mol. The first kappa shape index (κ1) is 14.1. The van der Waals surface area contributed by atoms with Crippen molar-refractivity contribution in [3.05, 3.63) is 23.7 Å². The summed E-state index contributed by atoms with van der Waals surface area (Å²) in [5, 5.41) is 12.3. The Hall–Kier alpha value is -1.33. The molecule has 0 amide bonds. The van der Waals surface area contributed by atoms with E-state index in [0.717, 1.165) is 19.4 Å². The van der Waals surface area contributed by atoms with Crippen LogP contribution in [0.15, 0.2) is 16.5 Å². The fourth-order valence-electron chi connectivity index (χ4n) is 2.51. The molecule has 19 heavy (non-hydrogen) atoms. The lowest BCUT2D eigenvalue weighted by atomic mass is 9.93. The average molecular weight is 267 g/mol. The van der Waals surface area contributed by atoms with E-state index in [0.29, 0.717) is 11.8 Å². The monoisotopic (exact) mass is 267 g/mol. The Labute approximate surface area is 112 Å². The van der Waals surface area contributed by atoms with Gasteiger partial charge in [-0.25, -0.2) is 4.79 Å². The highest BCUT2D eigenvalue weighted by Gasteiger charge is 2.30. The summed E-state index contributed by atoms with van der Waals surface area (Å²) in [6, 6.07) is 3.55. The van der Waals surface area contributed by atoms with E-state index in [-0.39, 0.29) is 17.4 Å². The highest BCUT2D eigenvalue weighted by molar-refractivity contribution is 5.84. The van der Waals surface area contributed by atoms with Crippen LogP contribution in [0.4, 0.5) is 0 Å². The predicted octanol–water partition coefficient (Wildman–Crippen LogP) is 2.59. The van der Waals surface area contributed by atoms with Crippen LogP contribution >= 0.6 is 0 Å². The molecule has 5 heteroatoms. The van der Waals surface area contributed by atoms with Gasteiger partial charge in [-0.3, -0.25) is 0 Å². The average Bonchev–Trinajstić information content (AvgIpc) is 2.76. The molecule has 0 radical (unpaired) electrons. The molecule has 2 N–H and O–H groups in total. The van der Waals surface area contributed by atoms with E-state index in [1.807, 2.05) is 6.92 Å². The lowest BCUT2D eigenvalue weighted by Crippen LogP contribution is -2.44. The summed E-state index contributed by atoms with van der Waals surface area (Å²) in [7, 11) is 0. The van der Waals surface area contributed by atoms with Crippen molar-refractivity contribution in [1.82, 2.24) is 5.32 Å². The number of furan rings is 1. The number of carboxylic acid groups (broad SMARTS) is 1. The van der Waals surface area contributed by atoms with Crippen molar-refractivity contribution in [2.75, 3.05) is 6.61 Å². The first-order valence-corrected chi connectivity index (χ1v) is 6.60. The van der Waals surface area contributed by atoms with Crippen LogP contribution in [-0.4, -0.2) is 29.3 Å². The van der Waals surface area contributed by atoms with Gasteiger partial charge in [0.05, 0.1) is 11.6 Å². The van der Waals surface area contributed by atoms with Gasteiger partial charge >= 0.3 is 5.97 Å². The second-order valence-electron chi connectivity index (χ2n) is 5.69. The maximum atomic E-state index is 10.8. The molecule has 1 fully saturated rings. The molecule has 2 rings (SSSR count). The van der Waals surface area contributed by atoms with Crippen molar-refractivity contribution in [2.45, 2.75) is 51.3 Å². The van der Waals surface area contributed by atoms with E-state index < -0.39 is 5.97 Å². The lowest BCUT2D eigenvalue weighted by Gasteiger charge is -2.36. The highest BCUT2D eigenvalue weighted by atomic mass is 16.5. The normalized spacial score (nSPS) is 24.1. The molecule has 1 aliphatic rings.